The molecule has 0 amide bonds. The molecule has 3 saturated heterocycles. The van der Waals surface area contributed by atoms with E-state index >= 15 is 0 Å². The fourth-order valence-corrected chi connectivity index (χ4v) is 10.4. The van der Waals surface area contributed by atoms with E-state index < -0.39 is 16.6 Å². The summed E-state index contributed by atoms with van der Waals surface area (Å²) in [6.07, 6.45) is 7.54. The van der Waals surface area contributed by atoms with Crippen LogP contribution in [0.15, 0.2) is 54.6 Å². The Hall–Kier alpha value is -1.15. The molecule has 1 aromatic carbocycles. The van der Waals surface area contributed by atoms with Crippen molar-refractivity contribution in [3.05, 3.63) is 60.2 Å². The van der Waals surface area contributed by atoms with Gasteiger partial charge in [0.2, 0.25) is 0 Å². The highest BCUT2D eigenvalue weighted by Gasteiger charge is 2.49. The molecule has 0 radical (unpaired) electrons. The minimum atomic E-state index is -2.12. The topological polar surface area (TPSA) is 75.6 Å². The van der Waals surface area contributed by atoms with Gasteiger partial charge >= 0.3 is 0 Å². The quantitative estimate of drug-likeness (QED) is 0.117. The number of benzene rings is 1. The zero-order valence-electron chi connectivity index (χ0n) is 36.2. The molecule has 0 aromatic heterocycles. The molecule has 54 heavy (non-hydrogen) atoms. The Morgan fingerprint density at radius 2 is 1.50 bits per heavy atom. The summed E-state index contributed by atoms with van der Waals surface area (Å²) in [7, 11) is -2.28. The van der Waals surface area contributed by atoms with Gasteiger partial charge in [-0.2, -0.15) is 0 Å². The number of methoxy groups -OCH3 is 1. The number of hydrogen-bond donors (Lipinski definition) is 1. The van der Waals surface area contributed by atoms with Crippen molar-refractivity contribution >= 4 is 16.6 Å². The molecule has 2 unspecified atom stereocenters. The van der Waals surface area contributed by atoms with Crippen molar-refractivity contribution in [1.82, 2.24) is 0 Å². The molecule has 9 heteroatoms. The highest BCUT2D eigenvalue weighted by molar-refractivity contribution is 6.74. The lowest BCUT2D eigenvalue weighted by Gasteiger charge is -2.42. The molecule has 3 heterocycles. The normalized spacial score (nSPS) is 30.6. The lowest BCUT2D eigenvalue weighted by Crippen LogP contribution is -2.49. The molecule has 1 aromatic rings. The van der Waals surface area contributed by atoms with Crippen molar-refractivity contribution in [2.45, 2.75) is 191 Å². The Kier molecular flexibility index (Phi) is 16.1. The van der Waals surface area contributed by atoms with Crippen LogP contribution in [0.3, 0.4) is 0 Å². The van der Waals surface area contributed by atoms with Gasteiger partial charge < -0.3 is 32.9 Å². The third kappa shape index (κ3) is 11.9. The lowest BCUT2D eigenvalue weighted by atomic mass is 9.81. The van der Waals surface area contributed by atoms with E-state index in [1.807, 2.05) is 7.11 Å². The average molecular weight is 787 g/mol. The molecule has 1 N–H and O–H groups in total. The van der Waals surface area contributed by atoms with Gasteiger partial charge in [0.15, 0.2) is 16.6 Å². The molecule has 4 rings (SSSR count). The predicted molar refractivity (Wildman–Crippen MR) is 227 cm³/mol. The predicted octanol–water partition coefficient (Wildman–Crippen LogP) is 10.4. The largest absolute Gasteiger partial charge is 0.414 e. The molecule has 3 aliphatic rings. The second-order valence-corrected chi connectivity index (χ2v) is 29.4. The van der Waals surface area contributed by atoms with Gasteiger partial charge in [0, 0.05) is 32.5 Å². The van der Waals surface area contributed by atoms with Gasteiger partial charge in [0.25, 0.3) is 0 Å². The summed E-state index contributed by atoms with van der Waals surface area (Å²) >= 11 is 0. The second-order valence-electron chi connectivity index (χ2n) is 19.8. The van der Waals surface area contributed by atoms with E-state index in [0.717, 1.165) is 57.8 Å². The minimum absolute atomic E-state index is 0.0621. The van der Waals surface area contributed by atoms with Gasteiger partial charge in [-0.25, -0.2) is 0 Å². The van der Waals surface area contributed by atoms with Crippen LogP contribution in [0, 0.1) is 11.8 Å². The van der Waals surface area contributed by atoms with E-state index in [1.165, 1.54) is 16.7 Å². The van der Waals surface area contributed by atoms with Crippen LogP contribution in [0.4, 0.5) is 0 Å². The Bertz CT molecular complexity index is 1340. The fraction of sp³-hybridized carbons (Fsp3) is 0.778. The Labute approximate surface area is 332 Å². The van der Waals surface area contributed by atoms with Crippen molar-refractivity contribution in [1.29, 1.82) is 0 Å². The van der Waals surface area contributed by atoms with Crippen LogP contribution in [-0.2, 0) is 34.2 Å². The van der Waals surface area contributed by atoms with Gasteiger partial charge in [0.1, 0.15) is 0 Å². The third-order valence-corrected chi connectivity index (χ3v) is 22.6. The van der Waals surface area contributed by atoms with E-state index in [0.29, 0.717) is 12.5 Å². The van der Waals surface area contributed by atoms with Gasteiger partial charge in [-0.15, -0.1) is 0 Å². The average Bonchev–Trinajstić information content (AvgIpc) is 3.60. The van der Waals surface area contributed by atoms with Crippen molar-refractivity contribution in [3.8, 4) is 0 Å². The summed E-state index contributed by atoms with van der Waals surface area (Å²) < 4.78 is 41.0. The molecule has 10 atom stereocenters. The first-order chi connectivity index (χ1) is 25.2. The SMILES string of the molecule is C=C1C[C@H](CCCO)OC1CC[C@H]1C[C@@H](C)C(=C)C(C[C@@H]2O[C@H](C[C@@H](CO[Si](C)(C)C(C)(C)C)O[Si](C)(C)C(C)(C)C)[C@H](OC)[C@H]2Cc2ccccc2)O1. The first-order valence-corrected chi connectivity index (χ1v) is 26.8. The zero-order chi connectivity index (χ0) is 40.1. The van der Waals surface area contributed by atoms with Crippen molar-refractivity contribution in [2.24, 2.45) is 11.8 Å². The first kappa shape index (κ1) is 45.6. The maximum Gasteiger partial charge on any atom is 0.192 e. The molecule has 0 bridgehead atoms. The molecule has 3 aliphatic heterocycles. The van der Waals surface area contributed by atoms with Gasteiger partial charge in [-0.1, -0.05) is 92.0 Å². The molecular formula is C45H78O7Si2. The number of ether oxygens (including phenoxy) is 4. The molecular weight excluding hydrogens is 709 g/mol. The van der Waals surface area contributed by atoms with Crippen LogP contribution in [0.1, 0.15) is 105 Å². The van der Waals surface area contributed by atoms with Gasteiger partial charge in [0.05, 0.1) is 55.4 Å². The second kappa shape index (κ2) is 19.1. The summed E-state index contributed by atoms with van der Waals surface area (Å²) in [5.74, 6) is 0.506. The van der Waals surface area contributed by atoms with Crippen molar-refractivity contribution in [2.75, 3.05) is 20.3 Å². The van der Waals surface area contributed by atoms with Gasteiger partial charge in [-0.3, -0.25) is 0 Å². The Morgan fingerprint density at radius 3 is 2.11 bits per heavy atom. The fourth-order valence-electron chi connectivity index (χ4n) is 8.03. The van der Waals surface area contributed by atoms with E-state index in [9.17, 15) is 5.11 Å². The van der Waals surface area contributed by atoms with E-state index in [2.05, 4.69) is 118 Å². The van der Waals surface area contributed by atoms with Crippen molar-refractivity contribution < 1.29 is 32.9 Å². The molecule has 7 nitrogen and oxygen atoms in total. The highest BCUT2D eigenvalue weighted by atomic mass is 28.4. The standard InChI is InChI=1S/C45H78O7Si2/c1-31-25-36(22-23-39-32(2)26-35(49-39)21-18-24-46)50-40(33(31)3)29-41-38(27-34-19-16-15-17-20-34)43(47-10)42(51-41)28-37(52-54(13,14)45(7,8)9)30-48-53(11,12)44(4,5)6/h15-17,19-20,31,35-43,46H,2-3,18,21-30H2,1,4-14H3/t31-,35+,36+,37+,38+,39?,40?,41+,42-,43-/m1/s1. The monoisotopic (exact) mass is 787 g/mol. The van der Waals surface area contributed by atoms with Crippen LogP contribution in [0.25, 0.3) is 0 Å². The summed E-state index contributed by atoms with van der Waals surface area (Å²) in [5.41, 5.74) is 3.63. The molecule has 308 valence electrons. The first-order valence-electron chi connectivity index (χ1n) is 21.0. The summed E-state index contributed by atoms with van der Waals surface area (Å²) in [5, 5.41) is 9.47. The summed E-state index contributed by atoms with van der Waals surface area (Å²) in [4.78, 5) is 0. The van der Waals surface area contributed by atoms with Gasteiger partial charge in [-0.05, 0) is 104 Å². The Balaban J connectivity index is 1.54. The summed E-state index contributed by atoms with van der Waals surface area (Å²) in [6, 6.07) is 10.8. The van der Waals surface area contributed by atoms with Crippen LogP contribution < -0.4 is 0 Å². The maximum atomic E-state index is 9.29. The maximum absolute atomic E-state index is 9.29. The van der Waals surface area contributed by atoms with E-state index in [1.54, 1.807) is 0 Å². The number of rotatable bonds is 18. The number of hydrogen-bond acceptors (Lipinski definition) is 7. The van der Waals surface area contributed by atoms with Crippen LogP contribution in [0.5, 0.6) is 0 Å². The Morgan fingerprint density at radius 1 is 0.852 bits per heavy atom. The minimum Gasteiger partial charge on any atom is -0.414 e. The number of aliphatic hydroxyl groups is 1. The summed E-state index contributed by atoms with van der Waals surface area (Å²) in [6.45, 7) is 35.1. The van der Waals surface area contributed by atoms with Crippen LogP contribution in [-0.4, -0.2) is 90.9 Å². The van der Waals surface area contributed by atoms with E-state index in [4.69, 9.17) is 27.8 Å². The number of aliphatic hydroxyl groups excluding tert-OH is 1. The smallest absolute Gasteiger partial charge is 0.192 e. The molecule has 3 fully saturated rings. The molecule has 0 aliphatic carbocycles. The van der Waals surface area contributed by atoms with Crippen molar-refractivity contribution in [3.63, 3.8) is 0 Å². The highest BCUT2D eigenvalue weighted by Crippen LogP contribution is 2.44. The lowest BCUT2D eigenvalue weighted by molar-refractivity contribution is -0.0786. The van der Waals surface area contributed by atoms with E-state index in [-0.39, 0.29) is 71.4 Å². The molecule has 0 saturated carbocycles. The zero-order valence-corrected chi connectivity index (χ0v) is 38.2. The van der Waals surface area contributed by atoms with Crippen LogP contribution >= 0.6 is 0 Å². The molecule has 0 spiro atoms. The van der Waals surface area contributed by atoms with Crippen LogP contribution in [0.2, 0.25) is 36.3 Å². The third-order valence-electron chi connectivity index (χ3n) is 13.6.